The summed E-state index contributed by atoms with van der Waals surface area (Å²) in [7, 11) is 0. The van der Waals surface area contributed by atoms with Crippen LogP contribution in [0.5, 0.6) is 0 Å². The Hall–Kier alpha value is -6.24. The lowest BCUT2D eigenvalue weighted by Gasteiger charge is -2.06. The van der Waals surface area contributed by atoms with Gasteiger partial charge in [0.25, 0.3) is 0 Å². The van der Waals surface area contributed by atoms with Gasteiger partial charge in [0.2, 0.25) is 0 Å². The quantitative estimate of drug-likeness (QED) is 0.160. The van der Waals surface area contributed by atoms with Crippen molar-refractivity contribution in [1.82, 2.24) is 0 Å². The average molecular weight is 613 g/mol. The molecule has 0 nitrogen and oxygen atoms in total. The second-order valence-corrected chi connectivity index (χ2v) is 11.8. The molecule has 0 heteroatoms. The predicted molar refractivity (Wildman–Crippen MR) is 212 cm³/mol. The standard InChI is InChI=1S/C48H36/c1-2-14-38-27-28-40-16-5-6-18-42(40)31-32-44-20-9-10-22-46(44)35-36-48-24-12-11-23-47(48)34-33-45-21-8-7-19-43(45)30-29-41-17-4-3-15-39(41)26-25-37(38)13-1/h1-36H/b26-25+,28-27+,30-29+,32-31+,34-33+,36-35+,37-25?,38-27?,39-26?,40-28?,41-29?,42-31?,43-30?,44-32?,45-33?,46-35?,47-34?,48-36?. The van der Waals surface area contributed by atoms with Gasteiger partial charge < -0.3 is 0 Å². The van der Waals surface area contributed by atoms with Gasteiger partial charge in [0, 0.05) is 0 Å². The Labute approximate surface area is 284 Å². The monoisotopic (exact) mass is 612 g/mol. The summed E-state index contributed by atoms with van der Waals surface area (Å²) in [5.41, 5.74) is 14.1. The van der Waals surface area contributed by atoms with E-state index in [4.69, 9.17) is 0 Å². The normalized spacial score (nSPS) is 16.5. The van der Waals surface area contributed by atoms with Crippen LogP contribution in [0.1, 0.15) is 66.8 Å². The van der Waals surface area contributed by atoms with E-state index in [1.54, 1.807) is 0 Å². The first-order valence-electron chi connectivity index (χ1n) is 16.4. The highest BCUT2D eigenvalue weighted by atomic mass is 14.1. The second-order valence-electron chi connectivity index (χ2n) is 11.8. The predicted octanol–water partition coefficient (Wildman–Crippen LogP) is 13.0. The van der Waals surface area contributed by atoms with E-state index in [1.165, 1.54) is 66.8 Å². The van der Waals surface area contributed by atoms with Gasteiger partial charge in [-0.2, -0.15) is 0 Å². The summed E-state index contributed by atoms with van der Waals surface area (Å²) in [6.45, 7) is 0. The number of hydrogen-bond acceptors (Lipinski definition) is 0. The van der Waals surface area contributed by atoms with Crippen LogP contribution in [0.25, 0.3) is 72.9 Å². The highest BCUT2D eigenvalue weighted by Crippen LogP contribution is 2.24. The molecule has 0 heterocycles. The van der Waals surface area contributed by atoms with Crippen LogP contribution in [0.3, 0.4) is 0 Å². The van der Waals surface area contributed by atoms with E-state index in [-0.39, 0.29) is 0 Å². The fourth-order valence-electron chi connectivity index (χ4n) is 5.96. The average Bonchev–Trinajstić information content (AvgIpc) is 3.14. The molecule has 0 aliphatic heterocycles. The molecular weight excluding hydrogens is 577 g/mol. The van der Waals surface area contributed by atoms with Crippen LogP contribution in [0.15, 0.2) is 146 Å². The molecule has 0 radical (unpaired) electrons. The molecule has 0 unspecified atom stereocenters. The van der Waals surface area contributed by atoms with E-state index in [0.717, 1.165) is 0 Å². The van der Waals surface area contributed by atoms with Crippen LogP contribution in [0.4, 0.5) is 0 Å². The third-order valence-electron chi connectivity index (χ3n) is 8.63. The molecule has 0 N–H and O–H groups in total. The fourth-order valence-corrected chi connectivity index (χ4v) is 5.96. The van der Waals surface area contributed by atoms with Gasteiger partial charge in [0.15, 0.2) is 0 Å². The van der Waals surface area contributed by atoms with Gasteiger partial charge >= 0.3 is 0 Å². The molecule has 0 amide bonds. The molecule has 6 aromatic carbocycles. The molecule has 228 valence electrons. The van der Waals surface area contributed by atoms with Crippen LogP contribution in [-0.2, 0) is 0 Å². The first kappa shape index (κ1) is 30.4. The molecular formula is C48H36. The van der Waals surface area contributed by atoms with E-state index >= 15 is 0 Å². The van der Waals surface area contributed by atoms with Gasteiger partial charge in [-0.3, -0.25) is 0 Å². The summed E-state index contributed by atoms with van der Waals surface area (Å²) in [5, 5.41) is 0. The number of hydrogen-bond donors (Lipinski definition) is 0. The van der Waals surface area contributed by atoms with Crippen LogP contribution < -0.4 is 0 Å². The van der Waals surface area contributed by atoms with E-state index in [2.05, 4.69) is 219 Å². The largest absolute Gasteiger partial charge is 0.0616 e. The summed E-state index contributed by atoms with van der Waals surface area (Å²) >= 11 is 0. The summed E-state index contributed by atoms with van der Waals surface area (Å²) in [4.78, 5) is 0. The maximum atomic E-state index is 2.22. The van der Waals surface area contributed by atoms with Crippen molar-refractivity contribution >= 4 is 72.9 Å². The van der Waals surface area contributed by atoms with Crippen molar-refractivity contribution in [2.24, 2.45) is 0 Å². The first-order valence-corrected chi connectivity index (χ1v) is 16.4. The topological polar surface area (TPSA) is 0 Å². The zero-order valence-corrected chi connectivity index (χ0v) is 26.8. The Morgan fingerprint density at radius 2 is 0.208 bits per heavy atom. The summed E-state index contributed by atoms with van der Waals surface area (Å²) in [6, 6.07) is 51.3. The summed E-state index contributed by atoms with van der Waals surface area (Å²) < 4.78 is 0. The minimum absolute atomic E-state index is 1.17. The van der Waals surface area contributed by atoms with Gasteiger partial charge in [0.1, 0.15) is 0 Å². The van der Waals surface area contributed by atoms with E-state index in [1.807, 2.05) is 0 Å². The van der Waals surface area contributed by atoms with Gasteiger partial charge in [-0.05, 0) is 66.8 Å². The lowest BCUT2D eigenvalue weighted by atomic mass is 9.99. The Bertz CT molecular complexity index is 1670. The molecule has 0 fully saturated rings. The third-order valence-corrected chi connectivity index (χ3v) is 8.63. The van der Waals surface area contributed by atoms with Gasteiger partial charge in [-0.1, -0.05) is 219 Å². The molecule has 0 spiro atoms. The number of benzene rings is 6. The summed E-state index contributed by atoms with van der Waals surface area (Å²) in [5.74, 6) is 0. The molecule has 1 aliphatic rings. The zero-order valence-electron chi connectivity index (χ0n) is 26.8. The van der Waals surface area contributed by atoms with Crippen molar-refractivity contribution in [3.05, 3.63) is 212 Å². The van der Waals surface area contributed by atoms with Gasteiger partial charge in [-0.25, -0.2) is 0 Å². The molecule has 0 saturated carbocycles. The molecule has 48 heavy (non-hydrogen) atoms. The van der Waals surface area contributed by atoms with Crippen LogP contribution in [0, 0.1) is 0 Å². The Morgan fingerprint density at radius 1 is 0.125 bits per heavy atom. The highest BCUT2D eigenvalue weighted by Gasteiger charge is 2.03. The SMILES string of the molecule is C1=C/c2ccccc2/C=C/c2ccccc2/C=C/c2ccccc2/C=C/c2ccccc2/C=C/c2ccccc2/C=C/c2ccccc2/1. The van der Waals surface area contributed by atoms with Crippen molar-refractivity contribution in [2.75, 3.05) is 0 Å². The lowest BCUT2D eigenvalue weighted by Crippen LogP contribution is -1.85. The molecule has 0 atom stereocenters. The minimum Gasteiger partial charge on any atom is -0.0616 e. The maximum Gasteiger partial charge on any atom is -0.0184 e. The van der Waals surface area contributed by atoms with E-state index in [9.17, 15) is 0 Å². The smallest absolute Gasteiger partial charge is 0.0184 e. The molecule has 0 saturated heterocycles. The van der Waals surface area contributed by atoms with Crippen LogP contribution in [0.2, 0.25) is 0 Å². The molecule has 7 rings (SSSR count). The molecule has 6 aromatic rings. The minimum atomic E-state index is 1.17. The second kappa shape index (κ2) is 14.9. The Morgan fingerprint density at radius 3 is 0.292 bits per heavy atom. The molecule has 0 aromatic heterocycles. The van der Waals surface area contributed by atoms with Crippen LogP contribution >= 0.6 is 0 Å². The number of rotatable bonds is 0. The maximum absolute atomic E-state index is 2.22. The van der Waals surface area contributed by atoms with E-state index in [0.29, 0.717) is 0 Å². The van der Waals surface area contributed by atoms with Gasteiger partial charge in [0.05, 0.1) is 0 Å². The lowest BCUT2D eigenvalue weighted by molar-refractivity contribution is 1.58. The fraction of sp³-hybridized carbons (Fsp3) is 0. The van der Waals surface area contributed by atoms with Crippen molar-refractivity contribution in [2.45, 2.75) is 0 Å². The van der Waals surface area contributed by atoms with Crippen molar-refractivity contribution in [3.8, 4) is 0 Å². The molecule has 0 bridgehead atoms. The van der Waals surface area contributed by atoms with Crippen molar-refractivity contribution < 1.29 is 0 Å². The molecule has 1 aliphatic carbocycles. The summed E-state index contributed by atoms with van der Waals surface area (Å²) in [6.07, 6.45) is 26.6. The Kier molecular flexibility index (Phi) is 9.44. The first-order chi connectivity index (χ1) is 23.8. The Balaban J connectivity index is 1.36. The van der Waals surface area contributed by atoms with Gasteiger partial charge in [-0.15, -0.1) is 0 Å². The third kappa shape index (κ3) is 7.41. The van der Waals surface area contributed by atoms with Crippen molar-refractivity contribution in [1.29, 1.82) is 0 Å². The van der Waals surface area contributed by atoms with E-state index < -0.39 is 0 Å². The van der Waals surface area contributed by atoms with Crippen molar-refractivity contribution in [3.63, 3.8) is 0 Å². The van der Waals surface area contributed by atoms with Crippen LogP contribution in [-0.4, -0.2) is 0 Å². The zero-order chi connectivity index (χ0) is 32.4. The highest BCUT2D eigenvalue weighted by molar-refractivity contribution is 5.88. The number of fused-ring (bicyclic) bond motifs is 6.